The zero-order valence-corrected chi connectivity index (χ0v) is 3.06. The van der Waals surface area contributed by atoms with Gasteiger partial charge in [0.2, 0.25) is 0 Å². The first-order valence-corrected chi connectivity index (χ1v) is 0.781. The third-order valence-corrected chi connectivity index (χ3v) is 0. The number of rotatable bonds is 0. The summed E-state index contributed by atoms with van der Waals surface area (Å²) in [4.78, 5) is 9.00. The molecule has 24 valence electrons. The molecule has 0 aliphatic rings. The van der Waals surface area contributed by atoms with E-state index in [-0.39, 0.29) is 18.9 Å². The van der Waals surface area contributed by atoms with E-state index >= 15 is 0 Å². The maximum Gasteiger partial charge on any atom is 1.00 e. The molecular weight excluding hydrogens is 63.0 g/mol. The molecule has 0 unspecified atom stereocenters. The van der Waals surface area contributed by atoms with Gasteiger partial charge in [-0.1, -0.05) is 0 Å². The predicted octanol–water partition coefficient (Wildman–Crippen LogP) is -3.97. The van der Waals surface area contributed by atoms with Crippen molar-refractivity contribution in [2.45, 2.75) is 0 Å². The molecule has 0 saturated heterocycles. The van der Waals surface area contributed by atoms with Crippen LogP contribution < -0.4 is 30.3 Å². The Morgan fingerprint density at radius 1 is 1.40 bits per heavy atom. The Morgan fingerprint density at radius 3 is 1.40 bits per heavy atom. The Balaban J connectivity index is 0. The zero-order chi connectivity index (χ0) is 3.58. The second kappa shape index (κ2) is 3.87. The van der Waals surface area contributed by atoms with Crippen molar-refractivity contribution in [1.29, 1.82) is 0 Å². The van der Waals surface area contributed by atoms with Crippen LogP contribution in [0.5, 0.6) is 0 Å². The first kappa shape index (κ1) is 8.85. The molecule has 0 aliphatic carbocycles. The number of carbonyl (C=O) groups is 1. The van der Waals surface area contributed by atoms with E-state index in [2.05, 4.69) is 11.5 Å². The number of hydrogen-bond acceptors (Lipinski definition) is 1. The molecule has 5 heavy (non-hydrogen) atoms. The van der Waals surface area contributed by atoms with Gasteiger partial charge in [-0.3, -0.25) is 0 Å². The van der Waals surface area contributed by atoms with Crippen molar-refractivity contribution in [2.75, 3.05) is 0 Å². The fourth-order valence-electron chi connectivity index (χ4n) is 0. The number of amides is 2. The Kier molecular flexibility index (Phi) is 6.85. The third kappa shape index (κ3) is 767. The summed E-state index contributed by atoms with van der Waals surface area (Å²) in [6.07, 6.45) is 0. The fourth-order valence-corrected chi connectivity index (χ4v) is 0. The summed E-state index contributed by atoms with van der Waals surface area (Å²) in [6.45, 7) is 0. The largest absolute Gasteiger partial charge is 1.00 e. The maximum atomic E-state index is 9.00. The number of primary amides is 2. The van der Waals surface area contributed by atoms with Gasteiger partial charge in [-0.15, -0.1) is 0 Å². The molecule has 0 atom stereocenters. The zero-order valence-electron chi connectivity index (χ0n) is 3.06. The van der Waals surface area contributed by atoms with Crippen LogP contribution in [-0.2, 0) is 0 Å². The van der Waals surface area contributed by atoms with Gasteiger partial charge in [-0.2, -0.15) is 0 Å². The minimum absolute atomic E-state index is 0. The van der Waals surface area contributed by atoms with Crippen molar-refractivity contribution in [1.82, 2.24) is 0 Å². The average molecular weight is 67.0 g/mol. The molecule has 0 rings (SSSR count). The van der Waals surface area contributed by atoms with Crippen molar-refractivity contribution in [2.24, 2.45) is 11.5 Å². The molecule has 0 aromatic carbocycles. The van der Waals surface area contributed by atoms with Gasteiger partial charge in [0.05, 0.1) is 0 Å². The Hall–Kier alpha value is -0.133. The van der Waals surface area contributed by atoms with Gasteiger partial charge < -0.3 is 11.5 Å². The Labute approximate surface area is 41.9 Å². The van der Waals surface area contributed by atoms with Crippen molar-refractivity contribution < 1.29 is 23.7 Å². The smallest absolute Gasteiger partial charge is 0.352 e. The standard InChI is InChI=1S/CH4N2O.Li/c2-1(3)4;/h(H4,2,3,4);/q;+1. The average Bonchev–Trinajstić information content (AvgIpc) is 0.811. The van der Waals surface area contributed by atoms with Gasteiger partial charge in [0.1, 0.15) is 0 Å². The van der Waals surface area contributed by atoms with Crippen LogP contribution in [0, 0.1) is 0 Å². The number of urea groups is 1. The van der Waals surface area contributed by atoms with Gasteiger partial charge in [0.15, 0.2) is 0 Å². The van der Waals surface area contributed by atoms with Crippen LogP contribution in [0.25, 0.3) is 0 Å². The van der Waals surface area contributed by atoms with Crippen molar-refractivity contribution in [3.63, 3.8) is 0 Å². The van der Waals surface area contributed by atoms with Gasteiger partial charge in [0, 0.05) is 0 Å². The molecule has 0 bridgehead atoms. The molecular formula is CH4LiN2O+. The van der Waals surface area contributed by atoms with Crippen molar-refractivity contribution in [3.8, 4) is 0 Å². The molecule has 0 fully saturated rings. The normalized spacial score (nSPS) is 4.80. The van der Waals surface area contributed by atoms with E-state index in [4.69, 9.17) is 4.79 Å². The van der Waals surface area contributed by atoms with E-state index < -0.39 is 6.03 Å². The molecule has 0 heterocycles. The number of hydrogen-bond donors (Lipinski definition) is 2. The first-order chi connectivity index (χ1) is 1.73. The third-order valence-electron chi connectivity index (χ3n) is 0. The summed E-state index contributed by atoms with van der Waals surface area (Å²) in [5.41, 5.74) is 8.50. The van der Waals surface area contributed by atoms with E-state index in [1.165, 1.54) is 0 Å². The van der Waals surface area contributed by atoms with Crippen molar-refractivity contribution in [3.05, 3.63) is 0 Å². The molecule has 0 spiro atoms. The van der Waals surface area contributed by atoms with Crippen LogP contribution in [0.4, 0.5) is 4.79 Å². The topological polar surface area (TPSA) is 69.1 Å². The SMILES string of the molecule is NC(N)=O.[Li+]. The van der Waals surface area contributed by atoms with Crippen molar-refractivity contribution >= 4 is 6.03 Å². The quantitative estimate of drug-likeness (QED) is 0.279. The van der Waals surface area contributed by atoms with Gasteiger partial charge in [0.25, 0.3) is 0 Å². The second-order valence-electron chi connectivity index (χ2n) is 0.402. The molecule has 0 radical (unpaired) electrons. The summed E-state index contributed by atoms with van der Waals surface area (Å²) < 4.78 is 0. The molecule has 0 saturated carbocycles. The molecule has 3 nitrogen and oxygen atoms in total. The van der Waals surface area contributed by atoms with Gasteiger partial charge in [-0.25, -0.2) is 4.79 Å². The number of carbonyl (C=O) groups excluding carboxylic acids is 1. The molecule has 4 N–H and O–H groups in total. The molecule has 2 amide bonds. The van der Waals surface area contributed by atoms with Crippen LogP contribution in [0.3, 0.4) is 0 Å². The van der Waals surface area contributed by atoms with E-state index in [0.717, 1.165) is 0 Å². The van der Waals surface area contributed by atoms with Crippen LogP contribution >= 0.6 is 0 Å². The second-order valence-corrected chi connectivity index (χ2v) is 0.402. The Bertz CT molecular complexity index is 32.6. The first-order valence-electron chi connectivity index (χ1n) is 0.781. The summed E-state index contributed by atoms with van der Waals surface area (Å²) in [5.74, 6) is 0. The summed E-state index contributed by atoms with van der Waals surface area (Å²) in [5, 5.41) is 0. The summed E-state index contributed by atoms with van der Waals surface area (Å²) in [6, 6.07) is -0.833. The van der Waals surface area contributed by atoms with E-state index in [1.54, 1.807) is 0 Å². The van der Waals surface area contributed by atoms with E-state index in [1.807, 2.05) is 0 Å². The minimum Gasteiger partial charge on any atom is -0.352 e. The minimum atomic E-state index is -0.833. The molecule has 0 aromatic rings. The van der Waals surface area contributed by atoms with E-state index in [0.29, 0.717) is 0 Å². The van der Waals surface area contributed by atoms with Crippen LogP contribution in [-0.4, -0.2) is 6.03 Å². The van der Waals surface area contributed by atoms with Crippen LogP contribution in [0.15, 0.2) is 0 Å². The van der Waals surface area contributed by atoms with Crippen LogP contribution in [0.2, 0.25) is 0 Å². The summed E-state index contributed by atoms with van der Waals surface area (Å²) in [7, 11) is 0. The molecule has 0 aromatic heterocycles. The maximum absolute atomic E-state index is 9.00. The van der Waals surface area contributed by atoms with Gasteiger partial charge in [-0.05, 0) is 0 Å². The Morgan fingerprint density at radius 2 is 1.40 bits per heavy atom. The fraction of sp³-hybridized carbons (Fsp3) is 0. The van der Waals surface area contributed by atoms with Gasteiger partial charge >= 0.3 is 24.9 Å². The monoisotopic (exact) mass is 67.0 g/mol. The van der Waals surface area contributed by atoms with E-state index in [9.17, 15) is 0 Å². The molecule has 0 aliphatic heterocycles. The summed E-state index contributed by atoms with van der Waals surface area (Å²) >= 11 is 0. The molecule has 4 heteroatoms. The number of nitrogens with two attached hydrogens (primary N) is 2. The predicted molar refractivity (Wildman–Crippen MR) is 13.8 cm³/mol. The van der Waals surface area contributed by atoms with Crippen LogP contribution in [0.1, 0.15) is 0 Å².